The van der Waals surface area contributed by atoms with E-state index in [2.05, 4.69) is 72.8 Å². The van der Waals surface area contributed by atoms with E-state index in [1.54, 1.807) is 12.1 Å². The maximum absolute atomic E-state index is 11.7. The van der Waals surface area contributed by atoms with Gasteiger partial charge in [0, 0.05) is 0 Å². The lowest BCUT2D eigenvalue weighted by atomic mass is 9.86. The predicted molar refractivity (Wildman–Crippen MR) is 123 cm³/mol. The molecule has 0 heterocycles. The van der Waals surface area contributed by atoms with Crippen LogP contribution < -0.4 is 5.11 Å². The molecule has 0 aromatic heterocycles. The van der Waals surface area contributed by atoms with Crippen LogP contribution in [0.2, 0.25) is 0 Å². The van der Waals surface area contributed by atoms with E-state index < -0.39 is 5.97 Å². The van der Waals surface area contributed by atoms with Crippen LogP contribution in [0.3, 0.4) is 0 Å². The van der Waals surface area contributed by atoms with Gasteiger partial charge in [0.2, 0.25) is 0 Å². The summed E-state index contributed by atoms with van der Waals surface area (Å²) < 4.78 is 0. The van der Waals surface area contributed by atoms with Crippen molar-refractivity contribution in [1.29, 1.82) is 0 Å². The number of hydrogen-bond acceptors (Lipinski definition) is 2. The van der Waals surface area contributed by atoms with E-state index in [0.717, 1.165) is 31.8 Å². The van der Waals surface area contributed by atoms with Gasteiger partial charge in [0.1, 0.15) is 0 Å². The van der Waals surface area contributed by atoms with Crippen LogP contribution in [-0.4, -0.2) is 5.97 Å². The molecule has 6 aromatic carbocycles. The second-order valence-corrected chi connectivity index (χ2v) is 8.18. The Morgan fingerprint density at radius 1 is 0.452 bits per heavy atom. The highest BCUT2D eigenvalue weighted by Crippen LogP contribution is 2.38. The Hall–Kier alpha value is -4.17. The molecule has 4 aliphatic rings. The van der Waals surface area contributed by atoms with Gasteiger partial charge in [0.25, 0.3) is 0 Å². The minimum atomic E-state index is -1.15. The molecule has 0 aliphatic heterocycles. The zero-order valence-corrected chi connectivity index (χ0v) is 16.5. The van der Waals surface area contributed by atoms with E-state index in [-0.39, 0.29) is 5.56 Å². The number of benzene rings is 6. The largest absolute Gasteiger partial charge is 0.545 e. The fourth-order valence-corrected chi connectivity index (χ4v) is 5.51. The van der Waals surface area contributed by atoms with Gasteiger partial charge < -0.3 is 9.90 Å². The molecule has 0 radical (unpaired) electrons. The smallest absolute Gasteiger partial charge is 0.0715 e. The van der Waals surface area contributed by atoms with E-state index in [4.69, 9.17) is 0 Å². The first-order valence-corrected chi connectivity index (χ1v) is 10.4. The Labute approximate surface area is 176 Å². The molecule has 0 N–H and O–H groups in total. The molecule has 0 fully saturated rings. The van der Waals surface area contributed by atoms with Crippen molar-refractivity contribution in [2.24, 2.45) is 0 Å². The van der Waals surface area contributed by atoms with Crippen molar-refractivity contribution in [2.75, 3.05) is 0 Å². The van der Waals surface area contributed by atoms with Gasteiger partial charge in [0.15, 0.2) is 0 Å². The van der Waals surface area contributed by atoms with Crippen molar-refractivity contribution in [3.05, 3.63) is 117 Å². The molecule has 4 bridgehead atoms. The summed E-state index contributed by atoms with van der Waals surface area (Å²) in [4.78, 5) is 11.7. The molecule has 0 spiro atoms. The van der Waals surface area contributed by atoms with Gasteiger partial charge in [0.05, 0.1) is 5.97 Å². The first kappa shape index (κ1) is 16.6. The van der Waals surface area contributed by atoms with Crippen LogP contribution in [-0.2, 0) is 0 Å². The Bertz CT molecular complexity index is 1900. The molecule has 144 valence electrons. The summed E-state index contributed by atoms with van der Waals surface area (Å²) in [5.41, 5.74) is 0.207. The van der Waals surface area contributed by atoms with Crippen molar-refractivity contribution >= 4 is 49.1 Å². The Kier molecular flexibility index (Phi) is 3.06. The van der Waals surface area contributed by atoms with Gasteiger partial charge in [-0.2, -0.15) is 0 Å². The molecule has 10 rings (SSSR count). The molecule has 0 amide bonds. The van der Waals surface area contributed by atoms with Crippen molar-refractivity contribution in [3.63, 3.8) is 0 Å². The Morgan fingerprint density at radius 2 is 0.774 bits per heavy atom. The summed E-state index contributed by atoms with van der Waals surface area (Å²) in [6, 6.07) is 31.0. The third kappa shape index (κ3) is 1.99. The van der Waals surface area contributed by atoms with E-state index in [1.165, 1.54) is 32.1 Å². The number of rotatable bonds is 1. The highest BCUT2D eigenvalue weighted by Gasteiger charge is 2.16. The second-order valence-electron chi connectivity index (χ2n) is 8.18. The highest BCUT2D eigenvalue weighted by molar-refractivity contribution is 6.10. The van der Waals surface area contributed by atoms with Crippen LogP contribution in [0.25, 0.3) is 43.1 Å². The zero-order valence-electron chi connectivity index (χ0n) is 16.5. The molecule has 6 aromatic rings. The monoisotopic (exact) mass is 395 g/mol. The van der Waals surface area contributed by atoms with Crippen molar-refractivity contribution in [2.45, 2.75) is 0 Å². The van der Waals surface area contributed by atoms with Gasteiger partial charge in [-0.15, -0.1) is 0 Å². The number of carboxylic acids is 1. The topological polar surface area (TPSA) is 40.1 Å². The van der Waals surface area contributed by atoms with Crippen LogP contribution in [0.4, 0.5) is 0 Å². The third-order valence-corrected chi connectivity index (χ3v) is 6.69. The lowest BCUT2D eigenvalue weighted by Crippen LogP contribution is -2.22. The van der Waals surface area contributed by atoms with E-state index >= 15 is 0 Å². The fraction of sp³-hybridized carbons (Fsp3) is 0. The summed E-state index contributed by atoms with van der Waals surface area (Å²) in [6.45, 7) is 0. The molecular weight excluding hydrogens is 380 g/mol. The van der Waals surface area contributed by atoms with Crippen LogP contribution in [0.5, 0.6) is 0 Å². The third-order valence-electron chi connectivity index (χ3n) is 6.69. The minimum Gasteiger partial charge on any atom is -0.545 e. The number of carbonyl (C=O) groups is 1. The van der Waals surface area contributed by atoms with E-state index in [0.29, 0.717) is 0 Å². The van der Waals surface area contributed by atoms with Crippen LogP contribution >= 0.6 is 0 Å². The van der Waals surface area contributed by atoms with Crippen molar-refractivity contribution in [3.8, 4) is 0 Å². The summed E-state index contributed by atoms with van der Waals surface area (Å²) in [6.07, 6.45) is 0. The van der Waals surface area contributed by atoms with Gasteiger partial charge >= 0.3 is 0 Å². The molecule has 0 atom stereocenters. The number of hydrogen-bond donors (Lipinski definition) is 0. The summed E-state index contributed by atoms with van der Waals surface area (Å²) in [7, 11) is 0. The lowest BCUT2D eigenvalue weighted by Gasteiger charge is -2.17. The first-order chi connectivity index (χ1) is 15.2. The van der Waals surface area contributed by atoms with Crippen LogP contribution in [0.1, 0.15) is 10.4 Å². The minimum absolute atomic E-state index is 0.207. The molecule has 2 nitrogen and oxygen atoms in total. The maximum Gasteiger partial charge on any atom is 0.0715 e. The van der Waals surface area contributed by atoms with Gasteiger partial charge in [-0.25, -0.2) is 0 Å². The number of carbonyl (C=O) groups excluding carboxylic acids is 1. The summed E-state index contributed by atoms with van der Waals surface area (Å²) >= 11 is 0. The van der Waals surface area contributed by atoms with Crippen molar-refractivity contribution < 1.29 is 9.90 Å². The summed E-state index contributed by atoms with van der Waals surface area (Å²) in [5.74, 6) is -1.15. The molecule has 0 saturated carbocycles. The molecular formula is C29H15O2-. The van der Waals surface area contributed by atoms with Gasteiger partial charge in [-0.3, -0.25) is 0 Å². The van der Waals surface area contributed by atoms with Crippen LogP contribution in [0.15, 0.2) is 91.0 Å². The molecule has 0 unspecified atom stereocenters. The molecule has 4 aliphatic carbocycles. The molecule has 31 heavy (non-hydrogen) atoms. The predicted octanol–water partition coefficient (Wildman–Crippen LogP) is 5.55. The maximum atomic E-state index is 11.7. The Morgan fingerprint density at radius 3 is 1.13 bits per heavy atom. The van der Waals surface area contributed by atoms with Gasteiger partial charge in [-0.1, -0.05) is 84.9 Å². The lowest BCUT2D eigenvalue weighted by molar-refractivity contribution is -0.255. The number of carboxylic acid groups (broad SMARTS) is 1. The summed E-state index contributed by atoms with van der Waals surface area (Å²) in [5, 5.41) is 25.6. The molecule has 2 heteroatoms. The zero-order chi connectivity index (χ0) is 20.7. The quantitative estimate of drug-likeness (QED) is 0.342. The average Bonchev–Trinajstić information content (AvgIpc) is 2.79. The highest BCUT2D eigenvalue weighted by atomic mass is 16.4. The SMILES string of the molecule is O=C([O-])c1ccc2c3c4ccccc4c(c2c1)=c1c2ccccc2c=3c2ccccc12. The van der Waals surface area contributed by atoms with Gasteiger partial charge in [-0.05, 0) is 75.6 Å². The Balaban J connectivity index is 2.10. The fourth-order valence-electron chi connectivity index (χ4n) is 5.51. The van der Waals surface area contributed by atoms with E-state index in [9.17, 15) is 9.90 Å². The van der Waals surface area contributed by atoms with E-state index in [1.807, 2.05) is 6.07 Å². The molecule has 0 saturated heterocycles. The second kappa shape index (κ2) is 5.71. The number of aromatic carboxylic acids is 1. The first-order valence-electron chi connectivity index (χ1n) is 10.4. The standard InChI is InChI=1S/C29H16O2/c30-29(31)16-13-14-23-24(15-16)28-22-12-6-5-11-21(22)27(23)25-17-7-1-3-9-19(17)26(28)20-10-4-2-8-18(20)25/h1-15H,(H,30,31)/p-1. The normalized spacial score (nSPS) is 12.1. The average molecular weight is 395 g/mol. The van der Waals surface area contributed by atoms with Crippen molar-refractivity contribution in [1.82, 2.24) is 0 Å². The van der Waals surface area contributed by atoms with Crippen LogP contribution in [0, 0.1) is 20.9 Å².